The lowest BCUT2D eigenvalue weighted by atomic mass is 10.3. The van der Waals surface area contributed by atoms with Crippen LogP contribution in [-0.2, 0) is 6.42 Å². The van der Waals surface area contributed by atoms with Crippen LogP contribution in [0.5, 0.6) is 0 Å². The number of nitrogens with one attached hydrogen (secondary N) is 1. The van der Waals surface area contributed by atoms with Crippen LogP contribution in [0.2, 0.25) is 0 Å². The molecule has 0 aliphatic rings. The molecule has 2 aromatic rings. The highest BCUT2D eigenvalue weighted by molar-refractivity contribution is 9.10. The van der Waals surface area contributed by atoms with E-state index in [4.69, 9.17) is 4.42 Å². The number of nitrogens with zero attached hydrogens (tertiary/aromatic N) is 2. The van der Waals surface area contributed by atoms with E-state index in [9.17, 15) is 10.1 Å². The second-order valence-corrected chi connectivity index (χ2v) is 4.29. The van der Waals surface area contributed by atoms with Crippen LogP contribution in [0.3, 0.4) is 0 Å². The Balaban J connectivity index is 1.96. The molecule has 2 rings (SSSR count). The summed E-state index contributed by atoms with van der Waals surface area (Å²) < 4.78 is 5.99. The molecule has 0 aliphatic carbocycles. The Labute approximate surface area is 111 Å². The van der Waals surface area contributed by atoms with Crippen molar-refractivity contribution in [2.75, 3.05) is 11.9 Å². The van der Waals surface area contributed by atoms with E-state index in [1.165, 1.54) is 18.3 Å². The summed E-state index contributed by atoms with van der Waals surface area (Å²) in [6.45, 7) is 0.512. The number of halogens is 1. The van der Waals surface area contributed by atoms with Crippen molar-refractivity contribution in [1.82, 2.24) is 4.98 Å². The van der Waals surface area contributed by atoms with Crippen LogP contribution in [0.1, 0.15) is 5.76 Å². The summed E-state index contributed by atoms with van der Waals surface area (Å²) in [6.07, 6.45) is 2.14. The second kappa shape index (κ2) is 5.63. The van der Waals surface area contributed by atoms with Crippen LogP contribution in [0.15, 0.2) is 39.5 Å². The van der Waals surface area contributed by atoms with Crippen molar-refractivity contribution >= 4 is 27.4 Å². The zero-order chi connectivity index (χ0) is 13.0. The van der Waals surface area contributed by atoms with Crippen molar-refractivity contribution in [3.8, 4) is 0 Å². The molecule has 0 atom stereocenters. The van der Waals surface area contributed by atoms with Crippen LogP contribution >= 0.6 is 15.9 Å². The zero-order valence-electron chi connectivity index (χ0n) is 9.30. The van der Waals surface area contributed by atoms with Gasteiger partial charge >= 0.3 is 5.69 Å². The van der Waals surface area contributed by atoms with E-state index in [2.05, 4.69) is 26.2 Å². The highest BCUT2D eigenvalue weighted by Crippen LogP contribution is 2.20. The fourth-order valence-corrected chi connectivity index (χ4v) is 1.81. The Morgan fingerprint density at radius 1 is 1.44 bits per heavy atom. The maximum absolute atomic E-state index is 10.8. The number of nitro groups is 1. The molecule has 0 saturated carbocycles. The SMILES string of the molecule is O=[N+]([O-])c1cccnc1NCCc1ccc(Br)o1. The average Bonchev–Trinajstić information content (AvgIpc) is 2.75. The molecule has 94 valence electrons. The van der Waals surface area contributed by atoms with Crippen LogP contribution in [0.25, 0.3) is 0 Å². The first-order valence-corrected chi connectivity index (χ1v) is 6.03. The maximum Gasteiger partial charge on any atom is 0.311 e. The van der Waals surface area contributed by atoms with E-state index in [-0.39, 0.29) is 11.5 Å². The Kier molecular flexibility index (Phi) is 3.93. The molecule has 0 spiro atoms. The van der Waals surface area contributed by atoms with E-state index >= 15 is 0 Å². The largest absolute Gasteiger partial charge is 0.454 e. The molecule has 2 aromatic heterocycles. The van der Waals surface area contributed by atoms with Crippen LogP contribution < -0.4 is 5.32 Å². The molecule has 0 unspecified atom stereocenters. The summed E-state index contributed by atoms with van der Waals surface area (Å²) in [5, 5.41) is 13.7. The number of furan rings is 1. The van der Waals surface area contributed by atoms with Gasteiger partial charge in [0.1, 0.15) is 5.76 Å². The van der Waals surface area contributed by atoms with Gasteiger partial charge in [-0.15, -0.1) is 0 Å². The summed E-state index contributed by atoms with van der Waals surface area (Å²) in [7, 11) is 0. The molecule has 2 heterocycles. The number of anilines is 1. The molecule has 0 bridgehead atoms. The van der Waals surface area contributed by atoms with Crippen molar-refractivity contribution in [3.63, 3.8) is 0 Å². The lowest BCUT2D eigenvalue weighted by molar-refractivity contribution is -0.384. The van der Waals surface area contributed by atoms with Gasteiger partial charge in [0.25, 0.3) is 0 Å². The fourth-order valence-electron chi connectivity index (χ4n) is 1.47. The number of hydrogen-bond donors (Lipinski definition) is 1. The molecule has 0 aromatic carbocycles. The third-order valence-corrected chi connectivity index (χ3v) is 2.70. The van der Waals surface area contributed by atoms with E-state index in [0.717, 1.165) is 5.76 Å². The molecule has 1 N–H and O–H groups in total. The van der Waals surface area contributed by atoms with Gasteiger partial charge in [0.2, 0.25) is 5.82 Å². The molecule has 0 amide bonds. The topological polar surface area (TPSA) is 81.2 Å². The van der Waals surface area contributed by atoms with Gasteiger partial charge in [0.15, 0.2) is 4.67 Å². The van der Waals surface area contributed by atoms with Gasteiger partial charge in [-0.25, -0.2) is 4.98 Å². The predicted octanol–water partition coefficient (Wildman–Crippen LogP) is 3.00. The van der Waals surface area contributed by atoms with Gasteiger partial charge in [0, 0.05) is 25.2 Å². The number of pyridine rings is 1. The number of hydrogen-bond acceptors (Lipinski definition) is 5. The monoisotopic (exact) mass is 311 g/mol. The van der Waals surface area contributed by atoms with Crippen molar-refractivity contribution < 1.29 is 9.34 Å². The normalized spacial score (nSPS) is 10.3. The second-order valence-electron chi connectivity index (χ2n) is 3.51. The quantitative estimate of drug-likeness (QED) is 0.678. The Morgan fingerprint density at radius 3 is 2.94 bits per heavy atom. The number of aromatic nitrogens is 1. The number of rotatable bonds is 5. The first kappa shape index (κ1) is 12.6. The summed E-state index contributed by atoms with van der Waals surface area (Å²) in [6, 6.07) is 6.60. The Bertz CT molecular complexity index is 556. The summed E-state index contributed by atoms with van der Waals surface area (Å²) in [5.74, 6) is 1.07. The van der Waals surface area contributed by atoms with E-state index in [1.807, 2.05) is 6.07 Å². The minimum absolute atomic E-state index is 0.0295. The van der Waals surface area contributed by atoms with Gasteiger partial charge in [0.05, 0.1) is 4.92 Å². The van der Waals surface area contributed by atoms with E-state index in [1.54, 1.807) is 6.07 Å². The van der Waals surface area contributed by atoms with Gasteiger partial charge in [-0.2, -0.15) is 0 Å². The molecule has 7 heteroatoms. The third kappa shape index (κ3) is 3.07. The van der Waals surface area contributed by atoms with Gasteiger partial charge in [-0.1, -0.05) is 0 Å². The summed E-state index contributed by atoms with van der Waals surface area (Å²) >= 11 is 3.21. The standard InChI is InChI=1S/C11H10BrN3O3/c12-10-4-3-8(18-10)5-7-14-11-9(15(16)17)2-1-6-13-11/h1-4,6H,5,7H2,(H,13,14). The Morgan fingerprint density at radius 2 is 2.28 bits per heavy atom. The van der Waals surface area contributed by atoms with E-state index < -0.39 is 4.92 Å². The first-order valence-electron chi connectivity index (χ1n) is 5.24. The van der Waals surface area contributed by atoms with E-state index in [0.29, 0.717) is 17.6 Å². The molecule has 18 heavy (non-hydrogen) atoms. The highest BCUT2D eigenvalue weighted by Gasteiger charge is 2.13. The van der Waals surface area contributed by atoms with Crippen molar-refractivity contribution in [2.45, 2.75) is 6.42 Å². The van der Waals surface area contributed by atoms with Crippen LogP contribution in [0, 0.1) is 10.1 Å². The Hall–Kier alpha value is -1.89. The lowest BCUT2D eigenvalue weighted by Crippen LogP contribution is -2.07. The minimum Gasteiger partial charge on any atom is -0.454 e. The predicted molar refractivity (Wildman–Crippen MR) is 69.5 cm³/mol. The average molecular weight is 312 g/mol. The summed E-state index contributed by atoms with van der Waals surface area (Å²) in [5.41, 5.74) is -0.0295. The first-order chi connectivity index (χ1) is 8.66. The molecular formula is C11H10BrN3O3. The molecular weight excluding hydrogens is 302 g/mol. The van der Waals surface area contributed by atoms with Gasteiger partial charge < -0.3 is 9.73 Å². The fraction of sp³-hybridized carbons (Fsp3) is 0.182. The van der Waals surface area contributed by atoms with Crippen molar-refractivity contribution in [3.05, 3.63) is 51.0 Å². The van der Waals surface area contributed by atoms with Crippen molar-refractivity contribution in [2.24, 2.45) is 0 Å². The smallest absolute Gasteiger partial charge is 0.311 e. The highest BCUT2D eigenvalue weighted by atomic mass is 79.9. The van der Waals surface area contributed by atoms with Gasteiger partial charge in [-0.3, -0.25) is 10.1 Å². The minimum atomic E-state index is -0.460. The summed E-state index contributed by atoms with van der Waals surface area (Å²) in [4.78, 5) is 14.2. The lowest BCUT2D eigenvalue weighted by Gasteiger charge is -2.04. The van der Waals surface area contributed by atoms with Gasteiger partial charge in [-0.05, 0) is 34.1 Å². The van der Waals surface area contributed by atoms with Crippen LogP contribution in [0.4, 0.5) is 11.5 Å². The molecule has 0 saturated heterocycles. The molecule has 0 radical (unpaired) electrons. The maximum atomic E-state index is 10.8. The van der Waals surface area contributed by atoms with Crippen LogP contribution in [-0.4, -0.2) is 16.5 Å². The molecule has 0 aliphatic heterocycles. The molecule has 6 nitrogen and oxygen atoms in total. The van der Waals surface area contributed by atoms with Crippen molar-refractivity contribution in [1.29, 1.82) is 0 Å². The molecule has 0 fully saturated rings. The third-order valence-electron chi connectivity index (χ3n) is 2.28. The zero-order valence-corrected chi connectivity index (χ0v) is 10.9.